The Bertz CT molecular complexity index is 1000. The number of nitrogens with one attached hydrogen (secondary N) is 3. The second-order valence-electron chi connectivity index (χ2n) is 7.34. The van der Waals surface area contributed by atoms with Gasteiger partial charge in [-0.05, 0) is 25.1 Å². The summed E-state index contributed by atoms with van der Waals surface area (Å²) in [6.45, 7) is 2.54. The van der Waals surface area contributed by atoms with Crippen LogP contribution in [0.1, 0.15) is 22.8 Å². The van der Waals surface area contributed by atoms with E-state index in [1.807, 2.05) is 0 Å². The molecule has 184 valence electrons. The molecule has 1 aromatic rings. The van der Waals surface area contributed by atoms with Gasteiger partial charge in [0.2, 0.25) is 0 Å². The predicted octanol–water partition coefficient (Wildman–Crippen LogP) is 0.581. The van der Waals surface area contributed by atoms with Gasteiger partial charge < -0.3 is 26.0 Å². The van der Waals surface area contributed by atoms with Gasteiger partial charge in [-0.15, -0.1) is 0 Å². The number of nitrogens with two attached hydrogens (primary N) is 1. The molecule has 0 spiro atoms. The van der Waals surface area contributed by atoms with Crippen molar-refractivity contribution in [2.45, 2.75) is 19.1 Å². The molecule has 0 bridgehead atoms. The second-order valence-corrected chi connectivity index (χ2v) is 7.34. The van der Waals surface area contributed by atoms with E-state index in [0.29, 0.717) is 18.8 Å². The second kappa shape index (κ2) is 11.4. The van der Waals surface area contributed by atoms with Crippen LogP contribution < -0.4 is 16.4 Å². The first-order valence-electron chi connectivity index (χ1n) is 10.1. The highest BCUT2D eigenvalue weighted by Gasteiger charge is 2.39. The van der Waals surface area contributed by atoms with Gasteiger partial charge in [0.25, 0.3) is 11.8 Å². The summed E-state index contributed by atoms with van der Waals surface area (Å²) in [6.07, 6.45) is -3.66. The van der Waals surface area contributed by atoms with Crippen LogP contribution in [-0.4, -0.2) is 79.7 Å². The number of hydrogen-bond donors (Lipinski definition) is 4. The van der Waals surface area contributed by atoms with Crippen molar-refractivity contribution in [3.05, 3.63) is 47.2 Å². The molecule has 1 fully saturated rings. The molecule has 0 saturated carbocycles. The molecule has 0 radical (unpaired) electrons. The molecule has 1 unspecified atom stereocenters. The maximum atomic E-state index is 12.8. The summed E-state index contributed by atoms with van der Waals surface area (Å²) in [5.74, 6) is -3.87. The molecule has 3 amide bonds. The zero-order valence-electron chi connectivity index (χ0n) is 18.5. The van der Waals surface area contributed by atoms with E-state index in [9.17, 15) is 27.6 Å². The molecule has 0 aliphatic carbocycles. The van der Waals surface area contributed by atoms with E-state index in [2.05, 4.69) is 10.3 Å². The minimum absolute atomic E-state index is 0.0127. The average Bonchev–Trinajstić information content (AvgIpc) is 2.80. The quantitative estimate of drug-likeness (QED) is 0.346. The summed E-state index contributed by atoms with van der Waals surface area (Å²) < 4.78 is 42.4. The van der Waals surface area contributed by atoms with Crippen LogP contribution in [0.2, 0.25) is 0 Å². The van der Waals surface area contributed by atoms with Crippen molar-refractivity contribution in [2.24, 2.45) is 10.7 Å². The molecule has 1 saturated heterocycles. The minimum Gasteiger partial charge on any atom is -0.402 e. The molecule has 1 aliphatic heterocycles. The molecule has 5 N–H and O–H groups in total. The summed E-state index contributed by atoms with van der Waals surface area (Å²) in [6, 6.07) is 4.61. The number of aliphatic imine (C=N–C) groups is 1. The van der Waals surface area contributed by atoms with Gasteiger partial charge in [-0.2, -0.15) is 13.2 Å². The number of carbonyl (C=O) groups is 3. The van der Waals surface area contributed by atoms with Crippen LogP contribution in [-0.2, 0) is 14.3 Å². The van der Waals surface area contributed by atoms with Gasteiger partial charge in [0.1, 0.15) is 11.5 Å². The van der Waals surface area contributed by atoms with Crippen molar-refractivity contribution in [1.29, 1.82) is 5.41 Å². The maximum Gasteiger partial charge on any atom is 0.471 e. The molecule has 1 aliphatic rings. The number of hydrogen-bond acceptors (Lipinski definition) is 7. The SMILES string of the molecule is CN=C(C=C(C)N)C(=O)N1CCOCC1CNC(=O)c1ccc(C(=N)NC(=O)C(F)(F)F)cc1. The lowest BCUT2D eigenvalue weighted by Crippen LogP contribution is -2.55. The molecule has 1 heterocycles. The lowest BCUT2D eigenvalue weighted by Gasteiger charge is -2.35. The standard InChI is InChI=1S/C21H25F3N6O4/c1-12(25)9-16(27-2)19(32)30-7-8-34-11-15(30)10-28-18(31)14-5-3-13(4-6-14)17(26)29-20(33)21(22,23)24/h3-6,9,15H,7-8,10-11,25H2,1-2H3,(H,28,31)(H2,26,29,33). The number of allylic oxidation sites excluding steroid dienone is 1. The Morgan fingerprint density at radius 2 is 1.88 bits per heavy atom. The topological polar surface area (TPSA) is 150 Å². The Labute approximate surface area is 193 Å². The van der Waals surface area contributed by atoms with Crippen LogP contribution in [0.15, 0.2) is 41.0 Å². The molecule has 10 nitrogen and oxygen atoms in total. The molecule has 34 heavy (non-hydrogen) atoms. The minimum atomic E-state index is -5.12. The van der Waals surface area contributed by atoms with Crippen molar-refractivity contribution in [2.75, 3.05) is 33.4 Å². The van der Waals surface area contributed by atoms with Gasteiger partial charge in [0.15, 0.2) is 0 Å². The van der Waals surface area contributed by atoms with E-state index in [0.717, 1.165) is 0 Å². The fourth-order valence-electron chi connectivity index (χ4n) is 3.03. The van der Waals surface area contributed by atoms with Crippen LogP contribution in [0.25, 0.3) is 0 Å². The number of halogens is 3. The highest BCUT2D eigenvalue weighted by Crippen LogP contribution is 2.15. The number of benzene rings is 1. The number of amides is 3. The first-order valence-corrected chi connectivity index (χ1v) is 10.1. The Balaban J connectivity index is 2.01. The molecule has 2 rings (SSSR count). The predicted molar refractivity (Wildman–Crippen MR) is 117 cm³/mol. The Morgan fingerprint density at radius 1 is 1.26 bits per heavy atom. The highest BCUT2D eigenvalue weighted by atomic mass is 19.4. The largest absolute Gasteiger partial charge is 0.471 e. The smallest absolute Gasteiger partial charge is 0.402 e. The zero-order valence-corrected chi connectivity index (χ0v) is 18.5. The lowest BCUT2D eigenvalue weighted by atomic mass is 10.1. The van der Waals surface area contributed by atoms with Crippen LogP contribution in [0.3, 0.4) is 0 Å². The number of morpholine rings is 1. The van der Waals surface area contributed by atoms with E-state index in [1.165, 1.54) is 42.7 Å². The fraction of sp³-hybridized carbons (Fsp3) is 0.381. The van der Waals surface area contributed by atoms with Gasteiger partial charge in [-0.3, -0.25) is 24.8 Å². The van der Waals surface area contributed by atoms with Crippen molar-refractivity contribution >= 4 is 29.3 Å². The molecular weight excluding hydrogens is 457 g/mol. The third-order valence-electron chi connectivity index (χ3n) is 4.74. The third kappa shape index (κ3) is 7.13. The van der Waals surface area contributed by atoms with E-state index >= 15 is 0 Å². The van der Waals surface area contributed by atoms with Gasteiger partial charge in [-0.25, -0.2) is 0 Å². The van der Waals surface area contributed by atoms with Crippen LogP contribution in [0.5, 0.6) is 0 Å². The van der Waals surface area contributed by atoms with E-state index in [-0.39, 0.29) is 35.9 Å². The van der Waals surface area contributed by atoms with Crippen molar-refractivity contribution < 1.29 is 32.3 Å². The van der Waals surface area contributed by atoms with Crippen molar-refractivity contribution in [3.8, 4) is 0 Å². The van der Waals surface area contributed by atoms with Crippen molar-refractivity contribution in [3.63, 3.8) is 0 Å². The lowest BCUT2D eigenvalue weighted by molar-refractivity contribution is -0.171. The van der Waals surface area contributed by atoms with Crippen molar-refractivity contribution in [1.82, 2.24) is 15.5 Å². The third-order valence-corrected chi connectivity index (χ3v) is 4.74. The maximum absolute atomic E-state index is 12.8. The molecule has 1 aromatic carbocycles. The number of ether oxygens (including phenoxy) is 1. The van der Waals surface area contributed by atoms with Gasteiger partial charge in [0.05, 0.1) is 19.3 Å². The molecule has 13 heteroatoms. The average molecular weight is 482 g/mol. The van der Waals surface area contributed by atoms with Gasteiger partial charge >= 0.3 is 12.1 Å². The Hall–Kier alpha value is -3.74. The summed E-state index contributed by atoms with van der Waals surface area (Å²) in [5, 5.41) is 11.7. The van der Waals surface area contributed by atoms with E-state index in [1.54, 1.807) is 11.8 Å². The summed E-state index contributed by atoms with van der Waals surface area (Å²) >= 11 is 0. The van der Waals surface area contributed by atoms with E-state index in [4.69, 9.17) is 15.9 Å². The number of nitrogens with zero attached hydrogens (tertiary/aromatic N) is 2. The summed E-state index contributed by atoms with van der Waals surface area (Å²) in [5.41, 5.74) is 6.40. The van der Waals surface area contributed by atoms with Crippen LogP contribution in [0, 0.1) is 5.41 Å². The Kier molecular flexibility index (Phi) is 8.90. The van der Waals surface area contributed by atoms with Crippen LogP contribution in [0.4, 0.5) is 13.2 Å². The number of carbonyl (C=O) groups excluding carboxylic acids is 3. The monoisotopic (exact) mass is 482 g/mol. The van der Waals surface area contributed by atoms with E-state index < -0.39 is 29.9 Å². The molecular formula is C21H25F3N6O4. The fourth-order valence-corrected chi connectivity index (χ4v) is 3.03. The summed E-state index contributed by atoms with van der Waals surface area (Å²) in [4.78, 5) is 41.8. The molecule has 0 aromatic heterocycles. The van der Waals surface area contributed by atoms with Gasteiger partial charge in [-0.1, -0.05) is 12.1 Å². The normalized spacial score (nSPS) is 17.2. The number of alkyl halides is 3. The summed E-state index contributed by atoms with van der Waals surface area (Å²) in [7, 11) is 1.47. The zero-order chi connectivity index (χ0) is 25.5. The first-order chi connectivity index (χ1) is 15.9. The molecule has 1 atom stereocenters. The Morgan fingerprint density at radius 3 is 2.44 bits per heavy atom. The first kappa shape index (κ1) is 26.5. The highest BCUT2D eigenvalue weighted by molar-refractivity contribution is 6.43. The van der Waals surface area contributed by atoms with Gasteiger partial charge in [0, 0.05) is 37.0 Å². The van der Waals surface area contributed by atoms with Crippen LogP contribution >= 0.6 is 0 Å². The number of amidine groups is 1. The number of rotatable bonds is 6.